The highest BCUT2D eigenvalue weighted by atomic mass is 35.5. The number of benzene rings is 1. The number of aliphatic carboxylic acids is 1. The number of nitrogens with two attached hydrogens (primary N) is 1. The van der Waals surface area contributed by atoms with Crippen LogP contribution < -0.4 is 5.73 Å². The quantitative estimate of drug-likeness (QED) is 0.815. The summed E-state index contributed by atoms with van der Waals surface area (Å²) >= 11 is 9.30. The summed E-state index contributed by atoms with van der Waals surface area (Å²) in [5, 5.41) is 9.34. The van der Waals surface area contributed by atoms with Crippen LogP contribution in [-0.2, 0) is 4.79 Å². The van der Waals surface area contributed by atoms with E-state index in [1.807, 2.05) is 18.6 Å². The molecule has 0 aliphatic rings. The molecule has 0 aliphatic carbocycles. The molecule has 0 saturated heterocycles. The maximum Gasteiger partial charge on any atom is 0.305 e. The third kappa shape index (κ3) is 3.81. The molecular weight excluding hydrogens is 278 g/mol. The highest BCUT2D eigenvalue weighted by molar-refractivity contribution is 8.01. The van der Waals surface area contributed by atoms with Crippen molar-refractivity contribution in [1.29, 1.82) is 0 Å². The van der Waals surface area contributed by atoms with Gasteiger partial charge in [0.25, 0.3) is 0 Å². The van der Waals surface area contributed by atoms with Crippen LogP contribution in [0.15, 0.2) is 21.9 Å². The fraction of sp³-hybridized carbons (Fsp3) is 0.364. The summed E-state index contributed by atoms with van der Waals surface area (Å²) in [7, 11) is 0. The molecule has 1 rings (SSSR count). The van der Waals surface area contributed by atoms with Gasteiger partial charge in [-0.05, 0) is 30.2 Å². The summed E-state index contributed by atoms with van der Waals surface area (Å²) in [6.45, 7) is 0. The molecule has 0 aliphatic heterocycles. The van der Waals surface area contributed by atoms with Crippen LogP contribution in [0.4, 0.5) is 0 Å². The highest BCUT2D eigenvalue weighted by Gasteiger charge is 2.15. The molecule has 0 radical (unpaired) electrons. The van der Waals surface area contributed by atoms with E-state index in [-0.39, 0.29) is 6.42 Å². The van der Waals surface area contributed by atoms with Crippen molar-refractivity contribution < 1.29 is 9.90 Å². The lowest BCUT2D eigenvalue weighted by Crippen LogP contribution is -2.15. The van der Waals surface area contributed by atoms with Crippen LogP contribution in [0, 0.1) is 0 Å². The Hall–Kier alpha value is -0.360. The van der Waals surface area contributed by atoms with E-state index >= 15 is 0 Å². The molecule has 0 heterocycles. The Balaban J connectivity index is 3.10. The molecule has 0 bridgehead atoms. The van der Waals surface area contributed by atoms with Gasteiger partial charge in [-0.1, -0.05) is 11.6 Å². The molecular formula is C11H14ClNO2S2. The Kier molecular flexibility index (Phi) is 5.66. The molecule has 3 N–H and O–H groups in total. The van der Waals surface area contributed by atoms with Crippen molar-refractivity contribution >= 4 is 41.1 Å². The lowest BCUT2D eigenvalue weighted by atomic mass is 10.1. The van der Waals surface area contributed by atoms with Crippen molar-refractivity contribution in [2.24, 2.45) is 5.73 Å². The molecule has 0 spiro atoms. The van der Waals surface area contributed by atoms with Crippen molar-refractivity contribution in [3.8, 4) is 0 Å². The van der Waals surface area contributed by atoms with Gasteiger partial charge in [0.05, 0.1) is 11.4 Å². The zero-order chi connectivity index (χ0) is 13.0. The largest absolute Gasteiger partial charge is 0.481 e. The van der Waals surface area contributed by atoms with E-state index in [0.717, 1.165) is 15.4 Å². The highest BCUT2D eigenvalue weighted by Crippen LogP contribution is 2.37. The fourth-order valence-electron chi connectivity index (χ4n) is 1.46. The summed E-state index contributed by atoms with van der Waals surface area (Å²) < 4.78 is 0. The first-order valence-electron chi connectivity index (χ1n) is 4.88. The van der Waals surface area contributed by atoms with Gasteiger partial charge in [-0.15, -0.1) is 23.5 Å². The fourth-order valence-corrected chi connectivity index (χ4v) is 3.54. The van der Waals surface area contributed by atoms with Crippen LogP contribution in [0.3, 0.4) is 0 Å². The molecule has 3 nitrogen and oxygen atoms in total. The van der Waals surface area contributed by atoms with E-state index in [4.69, 9.17) is 22.4 Å². The number of thioether (sulfide) groups is 2. The summed E-state index contributed by atoms with van der Waals surface area (Å²) in [6, 6.07) is 3.14. The van der Waals surface area contributed by atoms with Crippen molar-refractivity contribution in [2.45, 2.75) is 22.3 Å². The Labute approximate surface area is 114 Å². The van der Waals surface area contributed by atoms with E-state index in [1.54, 1.807) is 29.6 Å². The van der Waals surface area contributed by atoms with Crippen LogP contribution in [0.25, 0.3) is 0 Å². The monoisotopic (exact) mass is 291 g/mol. The van der Waals surface area contributed by atoms with Gasteiger partial charge in [0.15, 0.2) is 0 Å². The second kappa shape index (κ2) is 6.54. The molecule has 17 heavy (non-hydrogen) atoms. The lowest BCUT2D eigenvalue weighted by Gasteiger charge is -2.14. The Morgan fingerprint density at radius 3 is 2.59 bits per heavy atom. The molecule has 0 saturated carbocycles. The molecule has 1 unspecified atom stereocenters. The molecule has 0 amide bonds. The predicted octanol–water partition coefficient (Wildman–Crippen LogP) is 3.26. The SMILES string of the molecule is CSc1cc(C(N)CC(=O)O)cc(Cl)c1SC. The van der Waals surface area contributed by atoms with Crippen molar-refractivity contribution in [3.63, 3.8) is 0 Å². The van der Waals surface area contributed by atoms with Crippen molar-refractivity contribution in [3.05, 3.63) is 22.7 Å². The lowest BCUT2D eigenvalue weighted by molar-refractivity contribution is -0.137. The van der Waals surface area contributed by atoms with Gasteiger partial charge in [-0.3, -0.25) is 4.79 Å². The van der Waals surface area contributed by atoms with E-state index < -0.39 is 12.0 Å². The second-order valence-electron chi connectivity index (χ2n) is 3.44. The van der Waals surface area contributed by atoms with E-state index in [0.29, 0.717) is 5.02 Å². The number of carbonyl (C=O) groups is 1. The second-order valence-corrected chi connectivity index (χ2v) is 5.51. The van der Waals surface area contributed by atoms with Gasteiger partial charge in [0.2, 0.25) is 0 Å². The number of hydrogen-bond acceptors (Lipinski definition) is 4. The van der Waals surface area contributed by atoms with Crippen LogP contribution in [0.5, 0.6) is 0 Å². The molecule has 1 atom stereocenters. The van der Waals surface area contributed by atoms with Gasteiger partial charge in [0.1, 0.15) is 0 Å². The first-order chi connectivity index (χ1) is 7.99. The topological polar surface area (TPSA) is 63.3 Å². The van der Waals surface area contributed by atoms with Crippen LogP contribution in [0.1, 0.15) is 18.0 Å². The summed E-state index contributed by atoms with van der Waals surface area (Å²) in [6.07, 6.45) is 3.82. The number of carboxylic acid groups (broad SMARTS) is 1. The molecule has 1 aromatic rings. The number of carboxylic acids is 1. The summed E-state index contributed by atoms with van der Waals surface area (Å²) in [4.78, 5) is 12.7. The average molecular weight is 292 g/mol. The van der Waals surface area contributed by atoms with Gasteiger partial charge < -0.3 is 10.8 Å². The van der Waals surface area contributed by atoms with Crippen LogP contribution >= 0.6 is 35.1 Å². The van der Waals surface area contributed by atoms with Gasteiger partial charge in [0, 0.05) is 15.8 Å². The molecule has 0 aromatic heterocycles. The summed E-state index contributed by atoms with van der Waals surface area (Å²) in [5.74, 6) is -0.909. The van der Waals surface area contributed by atoms with Crippen LogP contribution in [-0.4, -0.2) is 23.6 Å². The van der Waals surface area contributed by atoms with Gasteiger partial charge in [-0.25, -0.2) is 0 Å². The average Bonchev–Trinajstić information content (AvgIpc) is 2.26. The van der Waals surface area contributed by atoms with Crippen molar-refractivity contribution in [2.75, 3.05) is 12.5 Å². The maximum atomic E-state index is 10.6. The van der Waals surface area contributed by atoms with E-state index in [9.17, 15) is 4.79 Å². The Bertz CT molecular complexity index is 426. The van der Waals surface area contributed by atoms with E-state index in [1.165, 1.54) is 0 Å². The predicted molar refractivity (Wildman–Crippen MR) is 74.2 cm³/mol. The third-order valence-electron chi connectivity index (χ3n) is 2.28. The third-order valence-corrected chi connectivity index (χ3v) is 4.43. The zero-order valence-corrected chi connectivity index (χ0v) is 12.0. The number of hydrogen-bond donors (Lipinski definition) is 2. The Morgan fingerprint density at radius 2 is 2.12 bits per heavy atom. The standard InChI is InChI=1S/C11H14ClNO2S2/c1-16-9-4-6(8(13)5-10(14)15)3-7(12)11(9)17-2/h3-4,8H,5,13H2,1-2H3,(H,14,15). The maximum absolute atomic E-state index is 10.6. The minimum absolute atomic E-state index is 0.0945. The normalized spacial score (nSPS) is 12.5. The molecule has 94 valence electrons. The minimum Gasteiger partial charge on any atom is -0.481 e. The minimum atomic E-state index is -0.909. The molecule has 0 fully saturated rings. The van der Waals surface area contributed by atoms with Gasteiger partial charge in [-0.2, -0.15) is 0 Å². The van der Waals surface area contributed by atoms with Crippen LogP contribution in [0.2, 0.25) is 5.02 Å². The summed E-state index contributed by atoms with van der Waals surface area (Å²) in [5.41, 5.74) is 6.59. The van der Waals surface area contributed by atoms with Gasteiger partial charge >= 0.3 is 5.97 Å². The number of rotatable bonds is 5. The molecule has 6 heteroatoms. The van der Waals surface area contributed by atoms with E-state index in [2.05, 4.69) is 0 Å². The smallest absolute Gasteiger partial charge is 0.305 e. The zero-order valence-electron chi connectivity index (χ0n) is 9.57. The van der Waals surface area contributed by atoms with Crippen molar-refractivity contribution in [1.82, 2.24) is 0 Å². The molecule has 1 aromatic carbocycles. The Morgan fingerprint density at radius 1 is 1.47 bits per heavy atom. The number of halogens is 1. The first-order valence-corrected chi connectivity index (χ1v) is 7.71. The first kappa shape index (κ1) is 14.7.